The van der Waals surface area contributed by atoms with Gasteiger partial charge in [-0.25, -0.2) is 0 Å². The van der Waals surface area contributed by atoms with E-state index in [1.807, 2.05) is 20.9 Å². The Balaban J connectivity index is 3.22. The maximum atomic E-state index is 4.21. The first-order valence-electron chi connectivity index (χ1n) is 5.02. The van der Waals surface area contributed by atoms with Crippen LogP contribution in [0.4, 0.5) is 0 Å². The summed E-state index contributed by atoms with van der Waals surface area (Å²) in [6.45, 7) is 10.5. The van der Waals surface area contributed by atoms with Crippen LogP contribution in [-0.4, -0.2) is 10.3 Å². The van der Waals surface area contributed by atoms with Crippen LogP contribution in [0.2, 0.25) is 0 Å². The van der Waals surface area contributed by atoms with Gasteiger partial charge in [-0.2, -0.15) is 5.10 Å². The number of rotatable bonds is 1. The monoisotopic (exact) mass is 225 g/mol. The Kier molecular flexibility index (Phi) is 3.50. The van der Waals surface area contributed by atoms with E-state index in [4.69, 9.17) is 0 Å². The molecule has 3 nitrogen and oxygen atoms in total. The SMILES string of the molecule is CC(C)=NN=c1scc(C(C)(C)C)n1C. The predicted molar refractivity (Wildman–Crippen MR) is 66.3 cm³/mol. The Labute approximate surface area is 95.2 Å². The summed E-state index contributed by atoms with van der Waals surface area (Å²) in [5.41, 5.74) is 2.42. The van der Waals surface area contributed by atoms with E-state index in [0.29, 0.717) is 0 Å². The van der Waals surface area contributed by atoms with E-state index in [1.165, 1.54) is 5.69 Å². The highest BCUT2D eigenvalue weighted by Crippen LogP contribution is 2.21. The lowest BCUT2D eigenvalue weighted by Crippen LogP contribution is -2.21. The third-order valence-electron chi connectivity index (χ3n) is 2.03. The van der Waals surface area contributed by atoms with Crippen LogP contribution in [0.5, 0.6) is 0 Å². The zero-order valence-corrected chi connectivity index (χ0v) is 11.1. The number of aromatic nitrogens is 1. The highest BCUT2D eigenvalue weighted by molar-refractivity contribution is 7.07. The molecule has 0 spiro atoms. The molecule has 0 saturated heterocycles. The van der Waals surface area contributed by atoms with E-state index in [2.05, 4.69) is 40.9 Å². The van der Waals surface area contributed by atoms with Crippen LogP contribution in [-0.2, 0) is 12.5 Å². The minimum atomic E-state index is 0.157. The summed E-state index contributed by atoms with van der Waals surface area (Å²) in [6.07, 6.45) is 0. The topological polar surface area (TPSA) is 29.6 Å². The molecular weight excluding hydrogens is 206 g/mol. The van der Waals surface area contributed by atoms with Crippen LogP contribution in [0.15, 0.2) is 15.6 Å². The van der Waals surface area contributed by atoms with Gasteiger partial charge in [0.2, 0.25) is 4.80 Å². The molecule has 0 radical (unpaired) electrons. The average Bonchev–Trinajstić information content (AvgIpc) is 2.42. The van der Waals surface area contributed by atoms with Gasteiger partial charge in [-0.1, -0.05) is 20.8 Å². The van der Waals surface area contributed by atoms with Crippen molar-refractivity contribution in [1.29, 1.82) is 0 Å². The van der Waals surface area contributed by atoms with Gasteiger partial charge in [-0.15, -0.1) is 16.4 Å². The number of nitrogens with zero attached hydrogens (tertiary/aromatic N) is 3. The second kappa shape index (κ2) is 4.31. The molecule has 84 valence electrons. The first kappa shape index (κ1) is 12.2. The third-order valence-corrected chi connectivity index (χ3v) is 2.94. The molecule has 0 fully saturated rings. The summed E-state index contributed by atoms with van der Waals surface area (Å²) < 4.78 is 2.11. The van der Waals surface area contributed by atoms with E-state index in [1.54, 1.807) is 11.3 Å². The predicted octanol–water partition coefficient (Wildman–Crippen LogP) is 2.68. The molecule has 0 saturated carbocycles. The molecular formula is C11H19N3S. The van der Waals surface area contributed by atoms with Gasteiger partial charge >= 0.3 is 0 Å². The lowest BCUT2D eigenvalue weighted by molar-refractivity contribution is 0.537. The van der Waals surface area contributed by atoms with Crippen molar-refractivity contribution in [2.45, 2.75) is 40.0 Å². The second-order valence-electron chi connectivity index (χ2n) is 4.86. The maximum absolute atomic E-state index is 4.21. The molecule has 0 amide bonds. The molecule has 0 aromatic carbocycles. The van der Waals surface area contributed by atoms with Gasteiger partial charge in [0.1, 0.15) is 0 Å². The normalized spacial score (nSPS) is 13.1. The van der Waals surface area contributed by atoms with Crippen LogP contribution in [0.25, 0.3) is 0 Å². The first-order chi connectivity index (χ1) is 6.82. The van der Waals surface area contributed by atoms with Gasteiger partial charge in [0.25, 0.3) is 0 Å². The molecule has 1 aromatic heterocycles. The van der Waals surface area contributed by atoms with Gasteiger partial charge in [0.05, 0.1) is 0 Å². The van der Waals surface area contributed by atoms with Crippen molar-refractivity contribution in [3.63, 3.8) is 0 Å². The Morgan fingerprint density at radius 2 is 1.93 bits per heavy atom. The van der Waals surface area contributed by atoms with Crippen molar-refractivity contribution in [3.8, 4) is 0 Å². The Bertz CT molecular complexity index is 425. The van der Waals surface area contributed by atoms with Crippen LogP contribution < -0.4 is 4.80 Å². The Morgan fingerprint density at radius 1 is 1.33 bits per heavy atom. The molecule has 4 heteroatoms. The first-order valence-corrected chi connectivity index (χ1v) is 5.90. The van der Waals surface area contributed by atoms with Gasteiger partial charge in [-0.05, 0) is 13.8 Å². The molecule has 15 heavy (non-hydrogen) atoms. The summed E-state index contributed by atoms with van der Waals surface area (Å²) in [7, 11) is 2.04. The average molecular weight is 225 g/mol. The van der Waals surface area contributed by atoms with E-state index < -0.39 is 0 Å². The van der Waals surface area contributed by atoms with Crippen LogP contribution in [0, 0.1) is 0 Å². The van der Waals surface area contributed by atoms with E-state index in [9.17, 15) is 0 Å². The molecule has 0 bridgehead atoms. The Morgan fingerprint density at radius 3 is 2.33 bits per heavy atom. The molecule has 1 aromatic rings. The summed E-state index contributed by atoms with van der Waals surface area (Å²) in [5, 5.41) is 10.4. The van der Waals surface area contributed by atoms with Crippen LogP contribution in [0.3, 0.4) is 0 Å². The highest BCUT2D eigenvalue weighted by Gasteiger charge is 2.17. The fraction of sp³-hybridized carbons (Fsp3) is 0.636. The Hall–Kier alpha value is -0.900. The van der Waals surface area contributed by atoms with Crippen molar-refractivity contribution in [2.24, 2.45) is 17.3 Å². The van der Waals surface area contributed by atoms with Crippen molar-refractivity contribution in [2.75, 3.05) is 0 Å². The van der Waals surface area contributed by atoms with Crippen molar-refractivity contribution in [1.82, 2.24) is 4.57 Å². The van der Waals surface area contributed by atoms with Crippen molar-refractivity contribution < 1.29 is 0 Å². The molecule has 0 aliphatic heterocycles. The van der Waals surface area contributed by atoms with Crippen LogP contribution in [0.1, 0.15) is 40.3 Å². The highest BCUT2D eigenvalue weighted by atomic mass is 32.1. The fourth-order valence-electron chi connectivity index (χ4n) is 1.28. The smallest absolute Gasteiger partial charge is 0.210 e. The van der Waals surface area contributed by atoms with Gasteiger partial charge < -0.3 is 4.57 Å². The minimum absolute atomic E-state index is 0.157. The van der Waals surface area contributed by atoms with Crippen LogP contribution >= 0.6 is 11.3 Å². The van der Waals surface area contributed by atoms with Gasteiger partial charge in [-0.3, -0.25) is 0 Å². The molecule has 0 aliphatic carbocycles. The third kappa shape index (κ3) is 3.02. The number of hydrogen-bond donors (Lipinski definition) is 0. The molecule has 1 heterocycles. The lowest BCUT2D eigenvalue weighted by Gasteiger charge is -2.18. The fourth-order valence-corrected chi connectivity index (χ4v) is 2.36. The van der Waals surface area contributed by atoms with Crippen molar-refractivity contribution >= 4 is 17.0 Å². The van der Waals surface area contributed by atoms with Gasteiger partial charge in [0.15, 0.2) is 0 Å². The molecule has 0 N–H and O–H groups in total. The molecule has 1 rings (SSSR count). The zero-order chi connectivity index (χ0) is 11.6. The van der Waals surface area contributed by atoms with Crippen molar-refractivity contribution in [3.05, 3.63) is 15.9 Å². The number of hydrogen-bond acceptors (Lipinski definition) is 3. The summed E-state index contributed by atoms with van der Waals surface area (Å²) >= 11 is 1.63. The molecule has 0 atom stereocenters. The second-order valence-corrected chi connectivity index (χ2v) is 5.70. The standard InChI is InChI=1S/C11H19N3S/c1-8(2)12-13-10-14(6)9(7-15-10)11(3,4)5/h7H,1-6H3. The maximum Gasteiger partial charge on any atom is 0.210 e. The van der Waals surface area contributed by atoms with Gasteiger partial charge in [0, 0.05) is 29.2 Å². The van der Waals surface area contributed by atoms with E-state index in [0.717, 1.165) is 10.5 Å². The molecule has 0 aliphatic rings. The quantitative estimate of drug-likeness (QED) is 0.519. The largest absolute Gasteiger partial charge is 0.322 e. The summed E-state index contributed by atoms with van der Waals surface area (Å²) in [4.78, 5) is 0.945. The zero-order valence-electron chi connectivity index (χ0n) is 10.3. The minimum Gasteiger partial charge on any atom is -0.322 e. The van der Waals surface area contributed by atoms with E-state index >= 15 is 0 Å². The van der Waals surface area contributed by atoms with E-state index in [-0.39, 0.29) is 5.41 Å². The summed E-state index contributed by atoms with van der Waals surface area (Å²) in [6, 6.07) is 0. The summed E-state index contributed by atoms with van der Waals surface area (Å²) in [5.74, 6) is 0. The molecule has 0 unspecified atom stereocenters. The number of thiazole rings is 1. The lowest BCUT2D eigenvalue weighted by atomic mass is 9.93.